The smallest absolute Gasteiger partial charge is 0.0992 e. The largest absolute Gasteiger partial charge is 0.306 e. The van der Waals surface area contributed by atoms with Crippen molar-refractivity contribution in [2.45, 2.75) is 19.4 Å². The highest BCUT2D eigenvalue weighted by atomic mass is 15.1. The predicted octanol–water partition coefficient (Wildman–Crippen LogP) is 1.93. The highest BCUT2D eigenvalue weighted by Gasteiger charge is 2.11. The molecular weight excluding hydrogens is 186 g/mol. The van der Waals surface area contributed by atoms with Crippen LogP contribution in [0.1, 0.15) is 18.4 Å². The first-order valence-corrected chi connectivity index (χ1v) is 5.55. The van der Waals surface area contributed by atoms with Gasteiger partial charge in [-0.3, -0.25) is 4.90 Å². The Morgan fingerprint density at radius 1 is 1.20 bits per heavy atom. The molecule has 0 N–H and O–H groups in total. The maximum Gasteiger partial charge on any atom is 0.0992 e. The number of hydrogen-bond donors (Lipinski definition) is 0. The van der Waals surface area contributed by atoms with Gasteiger partial charge in [-0.2, -0.15) is 0 Å². The maximum absolute atomic E-state index is 4.12. The van der Waals surface area contributed by atoms with Crippen LogP contribution in [0.5, 0.6) is 0 Å². The van der Waals surface area contributed by atoms with Crippen LogP contribution in [0.15, 0.2) is 30.9 Å². The molecule has 0 radical (unpaired) electrons. The minimum atomic E-state index is 1.08. The lowest BCUT2D eigenvalue weighted by molar-refractivity contribution is 0.331. The van der Waals surface area contributed by atoms with E-state index in [4.69, 9.17) is 0 Å². The van der Waals surface area contributed by atoms with Crippen molar-refractivity contribution in [1.82, 2.24) is 14.3 Å². The van der Waals surface area contributed by atoms with E-state index in [0.717, 1.165) is 6.54 Å². The van der Waals surface area contributed by atoms with Gasteiger partial charge < -0.3 is 4.40 Å². The molecule has 0 aliphatic carbocycles. The van der Waals surface area contributed by atoms with Crippen molar-refractivity contribution in [2.24, 2.45) is 0 Å². The van der Waals surface area contributed by atoms with Crippen LogP contribution in [-0.4, -0.2) is 27.4 Å². The zero-order chi connectivity index (χ0) is 10.1. The molecule has 1 aliphatic rings. The zero-order valence-corrected chi connectivity index (χ0v) is 8.76. The molecule has 0 atom stereocenters. The molecular formula is C12H15N3. The molecule has 0 spiro atoms. The van der Waals surface area contributed by atoms with Gasteiger partial charge in [0, 0.05) is 12.7 Å². The van der Waals surface area contributed by atoms with Crippen molar-refractivity contribution in [3.05, 3.63) is 36.4 Å². The monoisotopic (exact) mass is 201 g/mol. The van der Waals surface area contributed by atoms with Crippen LogP contribution in [0.3, 0.4) is 0 Å². The van der Waals surface area contributed by atoms with Crippen LogP contribution >= 0.6 is 0 Å². The van der Waals surface area contributed by atoms with E-state index in [1.54, 1.807) is 0 Å². The second-order valence-electron chi connectivity index (χ2n) is 4.25. The van der Waals surface area contributed by atoms with Crippen LogP contribution < -0.4 is 0 Å². The fourth-order valence-corrected chi connectivity index (χ4v) is 2.26. The summed E-state index contributed by atoms with van der Waals surface area (Å²) in [5.41, 5.74) is 2.54. The molecule has 0 amide bonds. The molecule has 1 aliphatic heterocycles. The SMILES string of the molecule is c1cc2cncn2cc1CN1CCCC1. The van der Waals surface area contributed by atoms with Crippen LogP contribution in [0.4, 0.5) is 0 Å². The van der Waals surface area contributed by atoms with E-state index in [0.29, 0.717) is 0 Å². The van der Waals surface area contributed by atoms with Crippen molar-refractivity contribution in [2.75, 3.05) is 13.1 Å². The molecule has 3 heteroatoms. The Labute approximate surface area is 89.3 Å². The van der Waals surface area contributed by atoms with Gasteiger partial charge in [-0.15, -0.1) is 0 Å². The topological polar surface area (TPSA) is 20.5 Å². The Kier molecular flexibility index (Phi) is 2.18. The van der Waals surface area contributed by atoms with Gasteiger partial charge in [0.2, 0.25) is 0 Å². The van der Waals surface area contributed by atoms with Crippen LogP contribution in [0, 0.1) is 0 Å². The summed E-state index contributed by atoms with van der Waals surface area (Å²) in [6.45, 7) is 3.58. The fraction of sp³-hybridized carbons (Fsp3) is 0.417. The van der Waals surface area contributed by atoms with Crippen LogP contribution in [0.2, 0.25) is 0 Å². The van der Waals surface area contributed by atoms with Gasteiger partial charge in [-0.05, 0) is 37.6 Å². The first-order chi connectivity index (χ1) is 7.42. The van der Waals surface area contributed by atoms with Gasteiger partial charge in [-0.25, -0.2) is 4.98 Å². The summed E-state index contributed by atoms with van der Waals surface area (Å²) in [7, 11) is 0. The molecule has 2 aromatic heterocycles. The predicted molar refractivity (Wildman–Crippen MR) is 59.7 cm³/mol. The highest BCUT2D eigenvalue weighted by molar-refractivity contribution is 5.45. The Hall–Kier alpha value is -1.35. The number of fused-ring (bicyclic) bond motifs is 1. The molecule has 1 fully saturated rings. The van der Waals surface area contributed by atoms with E-state index >= 15 is 0 Å². The summed E-state index contributed by atoms with van der Waals surface area (Å²) in [4.78, 5) is 6.64. The highest BCUT2D eigenvalue weighted by Crippen LogP contribution is 2.13. The Morgan fingerprint density at radius 3 is 2.93 bits per heavy atom. The average Bonchev–Trinajstić information content (AvgIpc) is 2.87. The molecule has 2 aromatic rings. The number of pyridine rings is 1. The molecule has 3 nitrogen and oxygen atoms in total. The number of aromatic nitrogens is 2. The van der Waals surface area contributed by atoms with Gasteiger partial charge in [0.05, 0.1) is 18.0 Å². The molecule has 1 saturated heterocycles. The molecule has 78 valence electrons. The molecule has 3 rings (SSSR count). The standard InChI is InChI=1S/C12H15N3/c1-2-6-14(5-1)8-11-3-4-12-7-13-10-15(12)9-11/h3-4,7,9-10H,1-2,5-6,8H2. The van der Waals surface area contributed by atoms with Crippen LogP contribution in [-0.2, 0) is 6.54 Å². The van der Waals surface area contributed by atoms with Crippen LogP contribution in [0.25, 0.3) is 5.52 Å². The van der Waals surface area contributed by atoms with Crippen molar-refractivity contribution >= 4 is 5.52 Å². The third-order valence-electron chi connectivity index (χ3n) is 3.07. The summed E-state index contributed by atoms with van der Waals surface area (Å²) in [6.07, 6.45) is 8.64. The maximum atomic E-state index is 4.12. The van der Waals surface area contributed by atoms with E-state index in [-0.39, 0.29) is 0 Å². The quantitative estimate of drug-likeness (QED) is 0.740. The normalized spacial score (nSPS) is 17.6. The second-order valence-corrected chi connectivity index (χ2v) is 4.25. The molecule has 15 heavy (non-hydrogen) atoms. The minimum absolute atomic E-state index is 1.08. The van der Waals surface area contributed by atoms with E-state index in [2.05, 4.69) is 32.6 Å². The second kappa shape index (κ2) is 3.66. The lowest BCUT2D eigenvalue weighted by Crippen LogP contribution is -2.18. The Balaban J connectivity index is 1.84. The number of likely N-dealkylation sites (tertiary alicyclic amines) is 1. The van der Waals surface area contributed by atoms with E-state index < -0.39 is 0 Å². The van der Waals surface area contributed by atoms with Gasteiger partial charge in [0.1, 0.15) is 0 Å². The van der Waals surface area contributed by atoms with E-state index in [9.17, 15) is 0 Å². The van der Waals surface area contributed by atoms with Crippen molar-refractivity contribution in [3.63, 3.8) is 0 Å². The van der Waals surface area contributed by atoms with Crippen molar-refractivity contribution < 1.29 is 0 Å². The number of nitrogens with zero attached hydrogens (tertiary/aromatic N) is 3. The Bertz CT molecular complexity index is 455. The lowest BCUT2D eigenvalue weighted by atomic mass is 10.2. The van der Waals surface area contributed by atoms with Crippen molar-refractivity contribution in [3.8, 4) is 0 Å². The van der Waals surface area contributed by atoms with Gasteiger partial charge in [-0.1, -0.05) is 6.07 Å². The molecule has 0 bridgehead atoms. The fourth-order valence-electron chi connectivity index (χ4n) is 2.26. The molecule has 0 unspecified atom stereocenters. The van der Waals surface area contributed by atoms with Gasteiger partial charge >= 0.3 is 0 Å². The number of rotatable bonds is 2. The summed E-state index contributed by atoms with van der Waals surface area (Å²) >= 11 is 0. The van der Waals surface area contributed by atoms with E-state index in [1.807, 2.05) is 12.5 Å². The first-order valence-electron chi connectivity index (χ1n) is 5.55. The summed E-state index contributed by atoms with van der Waals surface area (Å²) in [5, 5.41) is 0. The zero-order valence-electron chi connectivity index (χ0n) is 8.76. The number of imidazole rings is 1. The lowest BCUT2D eigenvalue weighted by Gasteiger charge is -2.14. The third kappa shape index (κ3) is 1.75. The molecule has 3 heterocycles. The first kappa shape index (κ1) is 8.92. The third-order valence-corrected chi connectivity index (χ3v) is 3.07. The summed E-state index contributed by atoms with van der Waals surface area (Å²) in [6, 6.07) is 4.34. The molecule has 0 saturated carbocycles. The summed E-state index contributed by atoms with van der Waals surface area (Å²) < 4.78 is 2.09. The van der Waals surface area contributed by atoms with Gasteiger partial charge in [0.25, 0.3) is 0 Å². The van der Waals surface area contributed by atoms with Gasteiger partial charge in [0.15, 0.2) is 0 Å². The Morgan fingerprint density at radius 2 is 2.07 bits per heavy atom. The minimum Gasteiger partial charge on any atom is -0.306 e. The molecule has 0 aromatic carbocycles. The number of hydrogen-bond acceptors (Lipinski definition) is 2. The summed E-state index contributed by atoms with van der Waals surface area (Å²) in [5.74, 6) is 0. The van der Waals surface area contributed by atoms with E-state index in [1.165, 1.54) is 37.0 Å². The average molecular weight is 201 g/mol. The van der Waals surface area contributed by atoms with Crippen molar-refractivity contribution in [1.29, 1.82) is 0 Å².